The third-order valence-corrected chi connectivity index (χ3v) is 4.29. The van der Waals surface area contributed by atoms with Gasteiger partial charge in [-0.1, -0.05) is 0 Å². The van der Waals surface area contributed by atoms with E-state index in [0.29, 0.717) is 11.3 Å². The van der Waals surface area contributed by atoms with Crippen LogP contribution in [-0.2, 0) is 21.4 Å². The van der Waals surface area contributed by atoms with Crippen molar-refractivity contribution in [2.75, 3.05) is 0 Å². The van der Waals surface area contributed by atoms with Crippen molar-refractivity contribution < 1.29 is 19.5 Å². The van der Waals surface area contributed by atoms with Crippen LogP contribution in [0.15, 0.2) is 6.20 Å². The Labute approximate surface area is 127 Å². The van der Waals surface area contributed by atoms with E-state index in [1.165, 1.54) is 11.6 Å². The number of carbonyl (C=O) groups excluding carboxylic acids is 3. The Kier molecular flexibility index (Phi) is 3.82. The molecule has 5 N–H and O–H groups in total. The lowest BCUT2D eigenvalue weighted by Crippen LogP contribution is -2.57. The first-order chi connectivity index (χ1) is 10.1. The Balaban J connectivity index is 2.67. The zero-order valence-corrected chi connectivity index (χ0v) is 12.7. The van der Waals surface area contributed by atoms with Crippen molar-refractivity contribution in [3.05, 3.63) is 17.5 Å². The van der Waals surface area contributed by atoms with E-state index in [1.807, 2.05) is 0 Å². The summed E-state index contributed by atoms with van der Waals surface area (Å²) in [5.74, 6) is -5.34. The first-order valence-corrected chi connectivity index (χ1v) is 6.90. The first kappa shape index (κ1) is 16.2. The molecule has 1 aromatic rings. The standard InChI is InChI=1S/C14H20N4O4/c1-6-7(5-18(3)17-6)9-10(12(15)20)8(19)4-14(2,22)11(9)13(16)21/h5,9-11,22H,4H2,1-3H3,(H2,15,20)(H2,16,21). The minimum absolute atomic E-state index is 0.343. The van der Waals surface area contributed by atoms with Gasteiger partial charge in [0.1, 0.15) is 11.7 Å². The smallest absolute Gasteiger partial charge is 0.228 e. The largest absolute Gasteiger partial charge is 0.389 e. The van der Waals surface area contributed by atoms with Gasteiger partial charge in [-0.15, -0.1) is 0 Å². The maximum Gasteiger partial charge on any atom is 0.228 e. The lowest BCUT2D eigenvalue weighted by molar-refractivity contribution is -0.152. The minimum Gasteiger partial charge on any atom is -0.389 e. The highest BCUT2D eigenvalue weighted by Crippen LogP contribution is 2.46. The van der Waals surface area contributed by atoms with E-state index in [1.54, 1.807) is 20.2 Å². The average Bonchev–Trinajstić information content (AvgIpc) is 2.64. The van der Waals surface area contributed by atoms with Gasteiger partial charge in [0.2, 0.25) is 11.8 Å². The van der Waals surface area contributed by atoms with Crippen molar-refractivity contribution >= 4 is 17.6 Å². The molecule has 2 amide bonds. The zero-order valence-electron chi connectivity index (χ0n) is 12.7. The van der Waals surface area contributed by atoms with Crippen LogP contribution in [0, 0.1) is 18.8 Å². The quantitative estimate of drug-likeness (QED) is 0.597. The first-order valence-electron chi connectivity index (χ1n) is 6.90. The van der Waals surface area contributed by atoms with E-state index in [-0.39, 0.29) is 6.42 Å². The third-order valence-electron chi connectivity index (χ3n) is 4.29. The number of hydrogen-bond donors (Lipinski definition) is 3. The Morgan fingerprint density at radius 1 is 1.41 bits per heavy atom. The monoisotopic (exact) mass is 308 g/mol. The Morgan fingerprint density at radius 3 is 2.41 bits per heavy atom. The van der Waals surface area contributed by atoms with Crippen molar-refractivity contribution in [3.8, 4) is 0 Å². The van der Waals surface area contributed by atoms with Crippen molar-refractivity contribution in [2.45, 2.75) is 31.8 Å². The third kappa shape index (κ3) is 2.50. The maximum absolute atomic E-state index is 12.3. The van der Waals surface area contributed by atoms with Crippen molar-refractivity contribution in [1.82, 2.24) is 9.78 Å². The van der Waals surface area contributed by atoms with E-state index in [4.69, 9.17) is 11.5 Å². The summed E-state index contributed by atoms with van der Waals surface area (Å²) >= 11 is 0. The molecule has 1 saturated carbocycles. The van der Waals surface area contributed by atoms with Crippen LogP contribution >= 0.6 is 0 Å². The fourth-order valence-corrected chi connectivity index (χ4v) is 3.48. The predicted molar refractivity (Wildman–Crippen MR) is 76.3 cm³/mol. The highest BCUT2D eigenvalue weighted by molar-refractivity contribution is 6.04. The van der Waals surface area contributed by atoms with Crippen molar-refractivity contribution in [1.29, 1.82) is 0 Å². The fourth-order valence-electron chi connectivity index (χ4n) is 3.48. The molecule has 0 aliphatic heterocycles. The van der Waals surface area contributed by atoms with Crippen molar-refractivity contribution in [2.24, 2.45) is 30.4 Å². The van der Waals surface area contributed by atoms with Gasteiger partial charge < -0.3 is 16.6 Å². The Morgan fingerprint density at radius 2 is 2.00 bits per heavy atom. The Bertz CT molecular complexity index is 649. The van der Waals surface area contributed by atoms with Crippen LogP contribution in [0.1, 0.15) is 30.5 Å². The van der Waals surface area contributed by atoms with E-state index < -0.39 is 41.0 Å². The van der Waals surface area contributed by atoms with Gasteiger partial charge in [0.15, 0.2) is 0 Å². The summed E-state index contributed by atoms with van der Waals surface area (Å²) in [6, 6.07) is 0. The van der Waals surface area contributed by atoms with Crippen LogP contribution in [-0.4, -0.2) is 38.1 Å². The second-order valence-corrected chi connectivity index (χ2v) is 6.13. The molecule has 4 unspecified atom stereocenters. The number of rotatable bonds is 3. The fraction of sp³-hybridized carbons (Fsp3) is 0.571. The molecule has 4 atom stereocenters. The molecular weight excluding hydrogens is 288 g/mol. The highest BCUT2D eigenvalue weighted by Gasteiger charge is 2.55. The number of Topliss-reactive ketones (excluding diaryl/α,β-unsaturated/α-hetero) is 1. The number of hydrogen-bond acceptors (Lipinski definition) is 5. The van der Waals surface area contributed by atoms with Gasteiger partial charge in [-0.25, -0.2) is 0 Å². The number of ketones is 1. The molecule has 1 heterocycles. The molecule has 2 rings (SSSR count). The molecule has 0 radical (unpaired) electrons. The molecule has 0 aromatic carbocycles. The molecule has 1 aliphatic carbocycles. The Hall–Kier alpha value is -2.22. The number of carbonyl (C=O) groups is 3. The number of amides is 2. The van der Waals surface area contributed by atoms with E-state index in [9.17, 15) is 19.5 Å². The van der Waals surface area contributed by atoms with Crippen LogP contribution in [0.4, 0.5) is 0 Å². The van der Waals surface area contributed by atoms with Crippen LogP contribution < -0.4 is 11.5 Å². The lowest BCUT2D eigenvalue weighted by atomic mass is 9.61. The van der Waals surface area contributed by atoms with E-state index in [2.05, 4.69) is 5.10 Å². The van der Waals surface area contributed by atoms with Gasteiger partial charge in [0.25, 0.3) is 0 Å². The van der Waals surface area contributed by atoms with E-state index >= 15 is 0 Å². The molecule has 22 heavy (non-hydrogen) atoms. The molecule has 120 valence electrons. The summed E-state index contributed by atoms with van der Waals surface area (Å²) in [5.41, 5.74) is 10.2. The second-order valence-electron chi connectivity index (χ2n) is 6.13. The van der Waals surface area contributed by atoms with Gasteiger partial charge in [-0.05, 0) is 19.4 Å². The van der Waals surface area contributed by atoms with Gasteiger partial charge in [-0.2, -0.15) is 5.10 Å². The predicted octanol–water partition coefficient (Wildman–Crippen LogP) is -1.26. The molecule has 1 fully saturated rings. The average molecular weight is 308 g/mol. The van der Waals surface area contributed by atoms with Gasteiger partial charge in [0, 0.05) is 25.6 Å². The molecule has 8 heteroatoms. The molecule has 1 aliphatic rings. The molecular formula is C14H20N4O4. The van der Waals surface area contributed by atoms with Crippen molar-refractivity contribution in [3.63, 3.8) is 0 Å². The number of primary amides is 2. The SMILES string of the molecule is Cc1nn(C)cc1C1C(C(N)=O)C(=O)CC(C)(O)C1C(N)=O. The van der Waals surface area contributed by atoms with Gasteiger partial charge in [-0.3, -0.25) is 19.1 Å². The van der Waals surface area contributed by atoms with Gasteiger partial charge in [0.05, 0.1) is 17.2 Å². The zero-order chi connectivity index (χ0) is 16.8. The number of nitrogens with zero attached hydrogens (tertiary/aromatic N) is 2. The summed E-state index contributed by atoms with van der Waals surface area (Å²) < 4.78 is 1.51. The maximum atomic E-state index is 12.3. The lowest BCUT2D eigenvalue weighted by Gasteiger charge is -2.43. The molecule has 1 aromatic heterocycles. The number of nitrogens with two attached hydrogens (primary N) is 2. The molecule has 8 nitrogen and oxygen atoms in total. The molecule has 0 saturated heterocycles. The van der Waals surface area contributed by atoms with E-state index in [0.717, 1.165) is 0 Å². The van der Waals surface area contributed by atoms with Crippen LogP contribution in [0.5, 0.6) is 0 Å². The molecule has 0 spiro atoms. The minimum atomic E-state index is -1.64. The van der Waals surface area contributed by atoms with Crippen LogP contribution in [0.2, 0.25) is 0 Å². The number of aryl methyl sites for hydroxylation is 2. The summed E-state index contributed by atoms with van der Waals surface area (Å²) in [5, 5.41) is 14.7. The second kappa shape index (κ2) is 5.20. The van der Waals surface area contributed by atoms with Crippen LogP contribution in [0.25, 0.3) is 0 Å². The molecule has 0 bridgehead atoms. The normalized spacial score (nSPS) is 32.0. The highest BCUT2D eigenvalue weighted by atomic mass is 16.3. The number of aliphatic hydroxyl groups is 1. The topological polar surface area (TPSA) is 141 Å². The number of aromatic nitrogens is 2. The summed E-state index contributed by atoms with van der Waals surface area (Å²) in [7, 11) is 1.68. The van der Waals surface area contributed by atoms with Crippen LogP contribution in [0.3, 0.4) is 0 Å². The van der Waals surface area contributed by atoms with Gasteiger partial charge >= 0.3 is 0 Å². The summed E-state index contributed by atoms with van der Waals surface area (Å²) in [6.07, 6.45) is 1.27. The summed E-state index contributed by atoms with van der Waals surface area (Å²) in [6.45, 7) is 3.06. The summed E-state index contributed by atoms with van der Waals surface area (Å²) in [4.78, 5) is 36.0.